The largest absolute Gasteiger partial charge is 0.382 e. The van der Waals surface area contributed by atoms with Crippen LogP contribution in [0.15, 0.2) is 42.5 Å². The molecule has 0 saturated carbocycles. The van der Waals surface area contributed by atoms with E-state index in [1.807, 2.05) is 14.0 Å². The zero-order chi connectivity index (χ0) is 13.5. The number of nitrogens with one attached hydrogen (secondary N) is 1. The summed E-state index contributed by atoms with van der Waals surface area (Å²) in [5.74, 6) is 0. The normalized spacial score (nSPS) is 12.7. The minimum Gasteiger partial charge on any atom is -0.382 e. The molecule has 1 N–H and O–H groups in total. The zero-order valence-electron chi connectivity index (χ0n) is 11.9. The second-order valence-electron chi connectivity index (χ2n) is 4.81. The standard InChI is InChI=1S/C17H23NO/c1-3-19-12-11-16(18-2)13-15-9-6-8-14-7-4-5-10-17(14)15/h4-10,16,18H,3,11-13H2,1-2H3. The lowest BCUT2D eigenvalue weighted by molar-refractivity contribution is 0.137. The molecule has 2 aromatic carbocycles. The highest BCUT2D eigenvalue weighted by Gasteiger charge is 2.09. The SMILES string of the molecule is CCOCCC(Cc1cccc2ccccc12)NC. The number of fused-ring (bicyclic) bond motifs is 1. The van der Waals surface area contributed by atoms with Gasteiger partial charge in [0.2, 0.25) is 0 Å². The van der Waals surface area contributed by atoms with Crippen LogP contribution in [0.1, 0.15) is 18.9 Å². The first-order valence-corrected chi connectivity index (χ1v) is 7.06. The lowest BCUT2D eigenvalue weighted by Crippen LogP contribution is -2.29. The molecule has 0 bridgehead atoms. The van der Waals surface area contributed by atoms with E-state index in [1.165, 1.54) is 16.3 Å². The second kappa shape index (κ2) is 7.27. The van der Waals surface area contributed by atoms with Gasteiger partial charge in [0.25, 0.3) is 0 Å². The quantitative estimate of drug-likeness (QED) is 0.768. The van der Waals surface area contributed by atoms with Gasteiger partial charge in [-0.25, -0.2) is 0 Å². The van der Waals surface area contributed by atoms with E-state index >= 15 is 0 Å². The van der Waals surface area contributed by atoms with Crippen molar-refractivity contribution in [3.05, 3.63) is 48.0 Å². The highest BCUT2D eigenvalue weighted by Crippen LogP contribution is 2.20. The van der Waals surface area contributed by atoms with Gasteiger partial charge in [-0.3, -0.25) is 0 Å². The van der Waals surface area contributed by atoms with E-state index in [4.69, 9.17) is 4.74 Å². The van der Waals surface area contributed by atoms with E-state index in [0.29, 0.717) is 6.04 Å². The molecule has 102 valence electrons. The van der Waals surface area contributed by atoms with Gasteiger partial charge in [-0.2, -0.15) is 0 Å². The van der Waals surface area contributed by atoms with Crippen molar-refractivity contribution in [2.24, 2.45) is 0 Å². The summed E-state index contributed by atoms with van der Waals surface area (Å²) in [7, 11) is 2.03. The summed E-state index contributed by atoms with van der Waals surface area (Å²) < 4.78 is 5.45. The molecule has 2 rings (SSSR count). The van der Waals surface area contributed by atoms with Gasteiger partial charge >= 0.3 is 0 Å². The average Bonchev–Trinajstić information content (AvgIpc) is 2.46. The first kappa shape index (κ1) is 14.0. The molecule has 0 radical (unpaired) electrons. The van der Waals surface area contributed by atoms with E-state index in [0.717, 1.165) is 26.1 Å². The average molecular weight is 257 g/mol. The van der Waals surface area contributed by atoms with E-state index in [9.17, 15) is 0 Å². The fraction of sp³-hybridized carbons (Fsp3) is 0.412. The van der Waals surface area contributed by atoms with Gasteiger partial charge in [-0.1, -0.05) is 42.5 Å². The van der Waals surface area contributed by atoms with Crippen LogP contribution in [0, 0.1) is 0 Å². The fourth-order valence-corrected chi connectivity index (χ4v) is 2.45. The third-order valence-electron chi connectivity index (χ3n) is 3.57. The van der Waals surface area contributed by atoms with Crippen LogP contribution < -0.4 is 5.32 Å². The molecule has 0 heterocycles. The van der Waals surface area contributed by atoms with Crippen LogP contribution in [-0.2, 0) is 11.2 Å². The van der Waals surface area contributed by atoms with Crippen molar-refractivity contribution in [3.63, 3.8) is 0 Å². The second-order valence-corrected chi connectivity index (χ2v) is 4.81. The van der Waals surface area contributed by atoms with Crippen LogP contribution >= 0.6 is 0 Å². The first-order chi connectivity index (χ1) is 9.35. The summed E-state index contributed by atoms with van der Waals surface area (Å²) in [4.78, 5) is 0. The third kappa shape index (κ3) is 3.79. The Bertz CT molecular complexity index is 504. The van der Waals surface area contributed by atoms with Crippen molar-refractivity contribution >= 4 is 10.8 Å². The van der Waals surface area contributed by atoms with Crippen LogP contribution in [0.5, 0.6) is 0 Å². The van der Waals surface area contributed by atoms with E-state index in [2.05, 4.69) is 47.8 Å². The molecule has 0 aromatic heterocycles. The number of ether oxygens (including phenoxy) is 1. The molecule has 1 unspecified atom stereocenters. The molecule has 2 aromatic rings. The highest BCUT2D eigenvalue weighted by atomic mass is 16.5. The summed E-state index contributed by atoms with van der Waals surface area (Å²) in [5, 5.41) is 6.08. The van der Waals surface area contributed by atoms with Crippen LogP contribution in [0.3, 0.4) is 0 Å². The molecule has 2 nitrogen and oxygen atoms in total. The molecule has 0 aliphatic heterocycles. The maximum Gasteiger partial charge on any atom is 0.0480 e. The van der Waals surface area contributed by atoms with Crippen molar-refractivity contribution in [2.75, 3.05) is 20.3 Å². The molecule has 2 heteroatoms. The van der Waals surface area contributed by atoms with Gasteiger partial charge in [0.1, 0.15) is 0 Å². The zero-order valence-corrected chi connectivity index (χ0v) is 11.9. The summed E-state index contributed by atoms with van der Waals surface area (Å²) in [6, 6.07) is 15.6. The summed E-state index contributed by atoms with van der Waals surface area (Å²) >= 11 is 0. The van der Waals surface area contributed by atoms with Gasteiger partial charge in [0, 0.05) is 19.3 Å². The Morgan fingerprint density at radius 2 is 1.89 bits per heavy atom. The molecule has 0 aliphatic rings. The Labute approximate surface area is 115 Å². The Balaban J connectivity index is 2.10. The van der Waals surface area contributed by atoms with Gasteiger partial charge in [0.15, 0.2) is 0 Å². The van der Waals surface area contributed by atoms with Crippen molar-refractivity contribution in [1.29, 1.82) is 0 Å². The van der Waals surface area contributed by atoms with Crippen molar-refractivity contribution in [2.45, 2.75) is 25.8 Å². The number of hydrogen-bond donors (Lipinski definition) is 1. The summed E-state index contributed by atoms with van der Waals surface area (Å²) in [6.45, 7) is 3.66. The molecule has 19 heavy (non-hydrogen) atoms. The fourth-order valence-electron chi connectivity index (χ4n) is 2.45. The Morgan fingerprint density at radius 3 is 2.68 bits per heavy atom. The molecule has 0 aliphatic carbocycles. The predicted octanol–water partition coefficient (Wildman–Crippen LogP) is 3.40. The Kier molecular flexibility index (Phi) is 5.37. The number of likely N-dealkylation sites (N-methyl/N-ethyl adjacent to an activating group) is 1. The van der Waals surface area contributed by atoms with Gasteiger partial charge in [-0.15, -0.1) is 0 Å². The maximum absolute atomic E-state index is 5.45. The molecule has 0 spiro atoms. The summed E-state index contributed by atoms with van der Waals surface area (Å²) in [6.07, 6.45) is 2.10. The lowest BCUT2D eigenvalue weighted by atomic mass is 9.97. The van der Waals surface area contributed by atoms with E-state index in [-0.39, 0.29) is 0 Å². The van der Waals surface area contributed by atoms with Crippen LogP contribution in [-0.4, -0.2) is 26.3 Å². The predicted molar refractivity (Wildman–Crippen MR) is 81.6 cm³/mol. The Morgan fingerprint density at radius 1 is 1.11 bits per heavy atom. The first-order valence-electron chi connectivity index (χ1n) is 7.06. The smallest absolute Gasteiger partial charge is 0.0480 e. The number of rotatable bonds is 7. The number of hydrogen-bond acceptors (Lipinski definition) is 2. The minimum atomic E-state index is 0.470. The highest BCUT2D eigenvalue weighted by molar-refractivity contribution is 5.85. The topological polar surface area (TPSA) is 21.3 Å². The minimum absolute atomic E-state index is 0.470. The van der Waals surface area contributed by atoms with Gasteiger partial charge < -0.3 is 10.1 Å². The van der Waals surface area contributed by atoms with Crippen molar-refractivity contribution in [1.82, 2.24) is 5.32 Å². The number of benzene rings is 2. The van der Waals surface area contributed by atoms with Crippen LogP contribution in [0.2, 0.25) is 0 Å². The van der Waals surface area contributed by atoms with Crippen molar-refractivity contribution < 1.29 is 4.74 Å². The van der Waals surface area contributed by atoms with Gasteiger partial charge in [0.05, 0.1) is 0 Å². The third-order valence-corrected chi connectivity index (χ3v) is 3.57. The van der Waals surface area contributed by atoms with E-state index in [1.54, 1.807) is 0 Å². The molecular weight excluding hydrogens is 234 g/mol. The lowest BCUT2D eigenvalue weighted by Gasteiger charge is -2.17. The summed E-state index contributed by atoms with van der Waals surface area (Å²) in [5.41, 5.74) is 1.41. The molecule has 0 amide bonds. The Hall–Kier alpha value is -1.38. The molecule has 0 saturated heterocycles. The van der Waals surface area contributed by atoms with Crippen LogP contribution in [0.25, 0.3) is 10.8 Å². The van der Waals surface area contributed by atoms with E-state index < -0.39 is 0 Å². The van der Waals surface area contributed by atoms with Gasteiger partial charge in [-0.05, 0) is 43.1 Å². The van der Waals surface area contributed by atoms with Crippen LogP contribution in [0.4, 0.5) is 0 Å². The van der Waals surface area contributed by atoms with Crippen molar-refractivity contribution in [3.8, 4) is 0 Å². The maximum atomic E-state index is 5.45. The monoisotopic (exact) mass is 257 g/mol. The molecular formula is C17H23NO. The molecule has 1 atom stereocenters. The molecule has 0 fully saturated rings.